The molecule has 0 aromatic heterocycles. The first-order valence-electron chi connectivity index (χ1n) is 3.97. The van der Waals surface area contributed by atoms with E-state index in [0.29, 0.717) is 17.4 Å². The SMILES string of the molecule is Cc1cc(C(=O)O[N+](=O)[O-])ccc1C=O. The molecule has 15 heavy (non-hydrogen) atoms. The minimum Gasteiger partial charge on any atom is -0.298 e. The van der Waals surface area contributed by atoms with Crippen molar-refractivity contribution >= 4 is 12.3 Å². The average molecular weight is 209 g/mol. The van der Waals surface area contributed by atoms with E-state index in [9.17, 15) is 19.7 Å². The van der Waals surface area contributed by atoms with E-state index in [4.69, 9.17) is 0 Å². The van der Waals surface area contributed by atoms with Crippen molar-refractivity contribution in [2.45, 2.75) is 6.92 Å². The van der Waals surface area contributed by atoms with Gasteiger partial charge in [-0.1, -0.05) is 6.07 Å². The molecule has 0 aliphatic rings. The van der Waals surface area contributed by atoms with Gasteiger partial charge in [-0.25, -0.2) is 4.84 Å². The fourth-order valence-electron chi connectivity index (χ4n) is 1.06. The molecule has 0 saturated heterocycles. The molecular formula is C9H7NO5. The number of nitrogens with zero attached hydrogens (tertiary/aromatic N) is 1. The summed E-state index contributed by atoms with van der Waals surface area (Å²) in [7, 11) is 0. The van der Waals surface area contributed by atoms with E-state index in [1.54, 1.807) is 6.92 Å². The van der Waals surface area contributed by atoms with Crippen molar-refractivity contribution in [2.24, 2.45) is 0 Å². The number of carbonyl (C=O) groups excluding carboxylic acids is 2. The van der Waals surface area contributed by atoms with Gasteiger partial charge in [0.05, 0.1) is 0 Å². The van der Waals surface area contributed by atoms with Crippen LogP contribution in [-0.4, -0.2) is 17.3 Å². The molecule has 0 atom stereocenters. The van der Waals surface area contributed by atoms with Crippen LogP contribution in [0.3, 0.4) is 0 Å². The maximum atomic E-state index is 11.1. The minimum absolute atomic E-state index is 0.0369. The summed E-state index contributed by atoms with van der Waals surface area (Å²) >= 11 is 0. The summed E-state index contributed by atoms with van der Waals surface area (Å²) in [5, 5.41) is 8.72. The maximum Gasteiger partial charge on any atom is 0.334 e. The topological polar surface area (TPSA) is 86.5 Å². The van der Waals surface area contributed by atoms with Gasteiger partial charge in [-0.3, -0.25) is 9.59 Å². The number of aldehydes is 1. The Bertz CT molecular complexity index is 427. The van der Waals surface area contributed by atoms with Crippen LogP contribution in [0, 0.1) is 17.0 Å². The lowest BCUT2D eigenvalue weighted by atomic mass is 10.1. The molecule has 78 valence electrons. The van der Waals surface area contributed by atoms with Crippen molar-refractivity contribution in [1.82, 2.24) is 0 Å². The van der Waals surface area contributed by atoms with E-state index in [2.05, 4.69) is 4.84 Å². The summed E-state index contributed by atoms with van der Waals surface area (Å²) in [5.41, 5.74) is 1.02. The minimum atomic E-state index is -1.18. The fraction of sp³-hybridized carbons (Fsp3) is 0.111. The molecule has 0 N–H and O–H groups in total. The molecule has 0 bridgehead atoms. The van der Waals surface area contributed by atoms with E-state index in [-0.39, 0.29) is 5.56 Å². The average Bonchev–Trinajstić information content (AvgIpc) is 2.16. The summed E-state index contributed by atoms with van der Waals surface area (Å²) in [5.74, 6) is -1.06. The Morgan fingerprint density at radius 2 is 2.20 bits per heavy atom. The lowest BCUT2D eigenvalue weighted by Crippen LogP contribution is -2.10. The highest BCUT2D eigenvalue weighted by Crippen LogP contribution is 2.10. The largest absolute Gasteiger partial charge is 0.334 e. The zero-order valence-electron chi connectivity index (χ0n) is 7.80. The predicted octanol–water partition coefficient (Wildman–Crippen LogP) is 1.16. The fourth-order valence-corrected chi connectivity index (χ4v) is 1.06. The van der Waals surface area contributed by atoms with Crippen LogP contribution < -0.4 is 0 Å². The van der Waals surface area contributed by atoms with Gasteiger partial charge in [0, 0.05) is 11.1 Å². The van der Waals surface area contributed by atoms with E-state index in [1.807, 2.05) is 0 Å². The van der Waals surface area contributed by atoms with Crippen LogP contribution >= 0.6 is 0 Å². The zero-order chi connectivity index (χ0) is 11.4. The summed E-state index contributed by atoms with van der Waals surface area (Å²) in [6, 6.07) is 4.05. The number of hydrogen-bond acceptors (Lipinski definition) is 5. The monoisotopic (exact) mass is 209 g/mol. The Kier molecular flexibility index (Phi) is 3.12. The van der Waals surface area contributed by atoms with Crippen LogP contribution in [0.25, 0.3) is 0 Å². The maximum absolute atomic E-state index is 11.1. The van der Waals surface area contributed by atoms with Gasteiger partial charge in [-0.05, 0) is 24.6 Å². The number of aryl methyl sites for hydroxylation is 1. The Balaban J connectivity index is 2.97. The molecule has 1 rings (SSSR count). The number of rotatable bonds is 3. The Morgan fingerprint density at radius 3 is 2.67 bits per heavy atom. The van der Waals surface area contributed by atoms with Crippen LogP contribution in [0.15, 0.2) is 18.2 Å². The molecule has 6 nitrogen and oxygen atoms in total. The predicted molar refractivity (Wildman–Crippen MR) is 49.0 cm³/mol. The molecule has 0 radical (unpaired) electrons. The van der Waals surface area contributed by atoms with Crippen molar-refractivity contribution in [1.29, 1.82) is 0 Å². The molecule has 0 heterocycles. The van der Waals surface area contributed by atoms with Gasteiger partial charge in [-0.15, -0.1) is 10.1 Å². The lowest BCUT2D eigenvalue weighted by Gasteiger charge is -2.01. The third kappa shape index (κ3) is 2.60. The van der Waals surface area contributed by atoms with Crippen LogP contribution in [0.1, 0.15) is 26.3 Å². The standard InChI is InChI=1S/C9H7NO5/c1-6-4-7(2-3-8(6)5-11)9(12)15-10(13)14/h2-5H,1H3. The molecule has 0 spiro atoms. The first-order chi connectivity index (χ1) is 7.04. The molecule has 0 aliphatic carbocycles. The Hall–Kier alpha value is -2.24. The van der Waals surface area contributed by atoms with E-state index >= 15 is 0 Å². The smallest absolute Gasteiger partial charge is 0.298 e. The van der Waals surface area contributed by atoms with Gasteiger partial charge >= 0.3 is 11.1 Å². The summed E-state index contributed by atoms with van der Waals surface area (Å²) in [6.07, 6.45) is 0.637. The first kappa shape index (κ1) is 10.8. The number of hydrogen-bond donors (Lipinski definition) is 0. The summed E-state index contributed by atoms with van der Waals surface area (Å²) < 4.78 is 0. The molecule has 0 fully saturated rings. The van der Waals surface area contributed by atoms with Crippen molar-refractivity contribution in [3.63, 3.8) is 0 Å². The summed E-state index contributed by atoms with van der Waals surface area (Å²) in [6.45, 7) is 1.62. The third-order valence-corrected chi connectivity index (χ3v) is 1.79. The van der Waals surface area contributed by atoms with Crippen molar-refractivity contribution in [3.05, 3.63) is 45.0 Å². The number of benzene rings is 1. The van der Waals surface area contributed by atoms with Gasteiger partial charge in [0.1, 0.15) is 6.29 Å². The Labute approximate surface area is 84.6 Å². The van der Waals surface area contributed by atoms with Crippen molar-refractivity contribution < 1.29 is 19.5 Å². The molecule has 0 saturated carbocycles. The molecule has 1 aromatic carbocycles. The second kappa shape index (κ2) is 4.32. The van der Waals surface area contributed by atoms with Crippen LogP contribution in [0.4, 0.5) is 0 Å². The second-order valence-electron chi connectivity index (χ2n) is 2.79. The molecule has 0 unspecified atom stereocenters. The van der Waals surface area contributed by atoms with Gasteiger partial charge in [0.15, 0.2) is 0 Å². The summed E-state index contributed by atoms with van der Waals surface area (Å²) in [4.78, 5) is 35.2. The molecule has 6 heteroatoms. The zero-order valence-corrected chi connectivity index (χ0v) is 7.80. The second-order valence-corrected chi connectivity index (χ2v) is 2.79. The van der Waals surface area contributed by atoms with Crippen LogP contribution in [0.2, 0.25) is 0 Å². The van der Waals surface area contributed by atoms with E-state index < -0.39 is 11.1 Å². The lowest BCUT2D eigenvalue weighted by molar-refractivity contribution is -0.727. The third-order valence-electron chi connectivity index (χ3n) is 1.79. The molecule has 0 amide bonds. The van der Waals surface area contributed by atoms with Gasteiger partial charge in [-0.2, -0.15) is 0 Å². The highest BCUT2D eigenvalue weighted by atomic mass is 17.0. The quantitative estimate of drug-likeness (QED) is 0.423. The van der Waals surface area contributed by atoms with Crippen LogP contribution in [-0.2, 0) is 4.84 Å². The highest BCUT2D eigenvalue weighted by Gasteiger charge is 2.11. The molecule has 1 aromatic rings. The normalized spacial score (nSPS) is 9.40. The highest BCUT2D eigenvalue weighted by molar-refractivity contribution is 5.90. The van der Waals surface area contributed by atoms with Crippen molar-refractivity contribution in [3.8, 4) is 0 Å². The van der Waals surface area contributed by atoms with E-state index in [0.717, 1.165) is 0 Å². The van der Waals surface area contributed by atoms with Gasteiger partial charge in [0.2, 0.25) is 0 Å². The Morgan fingerprint density at radius 1 is 1.53 bits per heavy atom. The first-order valence-corrected chi connectivity index (χ1v) is 3.97. The molecular weight excluding hydrogens is 202 g/mol. The van der Waals surface area contributed by atoms with Gasteiger partial charge < -0.3 is 0 Å². The molecule has 0 aliphatic heterocycles. The van der Waals surface area contributed by atoms with E-state index in [1.165, 1.54) is 18.2 Å². The number of carbonyl (C=O) groups is 2. The van der Waals surface area contributed by atoms with Crippen LogP contribution in [0.5, 0.6) is 0 Å². The van der Waals surface area contributed by atoms with Gasteiger partial charge in [0.25, 0.3) is 0 Å². The van der Waals surface area contributed by atoms with Crippen molar-refractivity contribution in [2.75, 3.05) is 0 Å².